The maximum atomic E-state index is 11.8. The summed E-state index contributed by atoms with van der Waals surface area (Å²) in [6.07, 6.45) is 0.597. The zero-order chi connectivity index (χ0) is 18.8. The number of nitrogens with one attached hydrogen (secondary N) is 3. The first-order valence-electron chi connectivity index (χ1n) is 8.84. The van der Waals surface area contributed by atoms with E-state index < -0.39 is 11.8 Å². The molecule has 1 aliphatic heterocycles. The molecule has 2 amide bonds. The van der Waals surface area contributed by atoms with Gasteiger partial charge in [-0.25, -0.2) is 0 Å². The van der Waals surface area contributed by atoms with E-state index in [0.29, 0.717) is 31.0 Å². The van der Waals surface area contributed by atoms with Crippen molar-refractivity contribution in [1.82, 2.24) is 20.9 Å². The van der Waals surface area contributed by atoms with Crippen molar-refractivity contribution in [2.75, 3.05) is 60.0 Å². The predicted octanol–water partition coefficient (Wildman–Crippen LogP) is -0.616. The van der Waals surface area contributed by atoms with Gasteiger partial charge in [0.05, 0.1) is 14.2 Å². The minimum atomic E-state index is -0.606. The molecule has 3 N–H and O–H groups in total. The quantitative estimate of drug-likeness (QED) is 0.533. The van der Waals surface area contributed by atoms with E-state index in [9.17, 15) is 9.59 Å². The number of carbonyl (C=O) groups excluding carboxylic acids is 2. The van der Waals surface area contributed by atoms with Crippen molar-refractivity contribution in [2.45, 2.75) is 6.42 Å². The normalized spacial score (nSPS) is 14.5. The molecule has 2 rings (SSSR count). The van der Waals surface area contributed by atoms with Gasteiger partial charge in [-0.2, -0.15) is 0 Å². The van der Waals surface area contributed by atoms with Gasteiger partial charge in [-0.1, -0.05) is 6.07 Å². The summed E-state index contributed by atoms with van der Waals surface area (Å²) in [5.41, 5.74) is 0.988. The topological polar surface area (TPSA) is 91.9 Å². The SMILES string of the molecule is COc1ccc(CCNC(=O)C(=O)NCCN2CCNCC2)cc1OC. The highest BCUT2D eigenvalue weighted by molar-refractivity contribution is 6.35. The second-order valence-electron chi connectivity index (χ2n) is 6.04. The number of rotatable bonds is 8. The smallest absolute Gasteiger partial charge is 0.309 e. The molecule has 0 saturated carbocycles. The molecular formula is C18H28N4O4. The Kier molecular flexibility index (Phi) is 8.17. The Bertz CT molecular complexity index is 603. The first-order chi connectivity index (χ1) is 12.6. The van der Waals surface area contributed by atoms with Gasteiger partial charge in [0.25, 0.3) is 0 Å². The summed E-state index contributed by atoms with van der Waals surface area (Å²) >= 11 is 0. The van der Waals surface area contributed by atoms with Gasteiger partial charge in [0, 0.05) is 45.8 Å². The number of hydrogen-bond donors (Lipinski definition) is 3. The third-order valence-corrected chi connectivity index (χ3v) is 4.28. The lowest BCUT2D eigenvalue weighted by atomic mass is 10.1. The van der Waals surface area contributed by atoms with E-state index in [4.69, 9.17) is 9.47 Å². The molecule has 1 aliphatic rings. The predicted molar refractivity (Wildman–Crippen MR) is 98.6 cm³/mol. The molecule has 0 spiro atoms. The molecule has 1 heterocycles. The van der Waals surface area contributed by atoms with Crippen LogP contribution >= 0.6 is 0 Å². The molecule has 0 atom stereocenters. The number of piperazine rings is 1. The fourth-order valence-electron chi connectivity index (χ4n) is 2.78. The number of hydrogen-bond acceptors (Lipinski definition) is 6. The maximum Gasteiger partial charge on any atom is 0.309 e. The molecule has 8 nitrogen and oxygen atoms in total. The third-order valence-electron chi connectivity index (χ3n) is 4.28. The fourth-order valence-corrected chi connectivity index (χ4v) is 2.78. The van der Waals surface area contributed by atoms with Crippen LogP contribution in [0.15, 0.2) is 18.2 Å². The first kappa shape index (κ1) is 20.0. The molecule has 8 heteroatoms. The van der Waals surface area contributed by atoms with Crippen LogP contribution in [0.2, 0.25) is 0 Å². The molecule has 0 aliphatic carbocycles. The van der Waals surface area contributed by atoms with E-state index in [1.807, 2.05) is 18.2 Å². The lowest BCUT2D eigenvalue weighted by molar-refractivity contribution is -0.139. The van der Waals surface area contributed by atoms with Crippen molar-refractivity contribution in [3.8, 4) is 11.5 Å². The highest BCUT2D eigenvalue weighted by Crippen LogP contribution is 2.27. The van der Waals surface area contributed by atoms with Crippen molar-refractivity contribution in [1.29, 1.82) is 0 Å². The number of benzene rings is 1. The summed E-state index contributed by atoms with van der Waals surface area (Å²) in [6.45, 7) is 5.46. The Morgan fingerprint density at radius 3 is 2.35 bits per heavy atom. The van der Waals surface area contributed by atoms with Crippen LogP contribution < -0.4 is 25.4 Å². The zero-order valence-corrected chi connectivity index (χ0v) is 15.5. The average molecular weight is 364 g/mol. The van der Waals surface area contributed by atoms with Gasteiger partial charge in [0.2, 0.25) is 0 Å². The summed E-state index contributed by atoms with van der Waals surface area (Å²) in [6, 6.07) is 5.58. The zero-order valence-electron chi connectivity index (χ0n) is 15.5. The summed E-state index contributed by atoms with van der Waals surface area (Å²) < 4.78 is 10.4. The number of nitrogens with zero attached hydrogens (tertiary/aromatic N) is 1. The molecule has 1 fully saturated rings. The largest absolute Gasteiger partial charge is 0.493 e. The molecule has 0 bridgehead atoms. The molecule has 1 aromatic rings. The second kappa shape index (κ2) is 10.6. The van der Waals surface area contributed by atoms with Crippen LogP contribution in [0.3, 0.4) is 0 Å². The number of ether oxygens (including phenoxy) is 2. The monoisotopic (exact) mass is 364 g/mol. The first-order valence-corrected chi connectivity index (χ1v) is 8.84. The fraction of sp³-hybridized carbons (Fsp3) is 0.556. The molecule has 26 heavy (non-hydrogen) atoms. The molecule has 0 unspecified atom stereocenters. The second-order valence-corrected chi connectivity index (χ2v) is 6.04. The van der Waals surface area contributed by atoms with Gasteiger partial charge in [-0.05, 0) is 24.1 Å². The van der Waals surface area contributed by atoms with Gasteiger partial charge in [0.1, 0.15) is 0 Å². The van der Waals surface area contributed by atoms with Crippen molar-refractivity contribution in [2.24, 2.45) is 0 Å². The minimum absolute atomic E-state index is 0.375. The van der Waals surface area contributed by atoms with Gasteiger partial charge in [-0.3, -0.25) is 14.5 Å². The van der Waals surface area contributed by atoms with Gasteiger partial charge < -0.3 is 25.4 Å². The van der Waals surface area contributed by atoms with Crippen molar-refractivity contribution >= 4 is 11.8 Å². The van der Waals surface area contributed by atoms with Crippen molar-refractivity contribution in [3.05, 3.63) is 23.8 Å². The van der Waals surface area contributed by atoms with E-state index in [1.54, 1.807) is 14.2 Å². The van der Waals surface area contributed by atoms with Crippen LogP contribution in [0, 0.1) is 0 Å². The number of amides is 2. The van der Waals surface area contributed by atoms with E-state index in [-0.39, 0.29) is 0 Å². The van der Waals surface area contributed by atoms with Crippen LogP contribution in [0.5, 0.6) is 11.5 Å². The van der Waals surface area contributed by atoms with Gasteiger partial charge in [0.15, 0.2) is 11.5 Å². The van der Waals surface area contributed by atoms with Crippen molar-refractivity contribution < 1.29 is 19.1 Å². The average Bonchev–Trinajstić information content (AvgIpc) is 2.68. The lowest BCUT2D eigenvalue weighted by Crippen LogP contribution is -2.48. The Morgan fingerprint density at radius 2 is 1.69 bits per heavy atom. The van der Waals surface area contributed by atoms with E-state index in [0.717, 1.165) is 38.3 Å². The maximum absolute atomic E-state index is 11.8. The van der Waals surface area contributed by atoms with Crippen LogP contribution in [0.4, 0.5) is 0 Å². The standard InChI is InChI=1S/C18H28N4O4/c1-25-15-4-3-14(13-16(15)26-2)5-6-20-17(23)18(24)21-9-12-22-10-7-19-8-11-22/h3-4,13,19H,5-12H2,1-2H3,(H,20,23)(H,21,24). The molecule has 1 saturated heterocycles. The van der Waals surface area contributed by atoms with Crippen LogP contribution in [0.1, 0.15) is 5.56 Å². The van der Waals surface area contributed by atoms with Crippen LogP contribution in [0.25, 0.3) is 0 Å². The van der Waals surface area contributed by atoms with E-state index in [1.165, 1.54) is 0 Å². The van der Waals surface area contributed by atoms with E-state index >= 15 is 0 Å². The lowest BCUT2D eigenvalue weighted by Gasteiger charge is -2.26. The summed E-state index contributed by atoms with van der Waals surface area (Å²) in [5, 5.41) is 8.58. The van der Waals surface area contributed by atoms with E-state index in [2.05, 4.69) is 20.9 Å². The molecule has 0 aromatic heterocycles. The highest BCUT2D eigenvalue weighted by Gasteiger charge is 2.14. The van der Waals surface area contributed by atoms with Crippen molar-refractivity contribution in [3.63, 3.8) is 0 Å². The summed E-state index contributed by atoms with van der Waals surface area (Å²) in [5.74, 6) is 0.101. The van der Waals surface area contributed by atoms with Gasteiger partial charge >= 0.3 is 11.8 Å². The molecule has 0 radical (unpaired) electrons. The summed E-state index contributed by atoms with van der Waals surface area (Å²) in [4.78, 5) is 25.9. The molecule has 144 valence electrons. The Balaban J connectivity index is 1.66. The third kappa shape index (κ3) is 6.20. The summed E-state index contributed by atoms with van der Waals surface area (Å²) in [7, 11) is 3.16. The Labute approximate surface area is 154 Å². The van der Waals surface area contributed by atoms with Crippen LogP contribution in [-0.4, -0.2) is 76.7 Å². The van der Waals surface area contributed by atoms with Crippen LogP contribution in [-0.2, 0) is 16.0 Å². The van der Waals surface area contributed by atoms with Gasteiger partial charge in [-0.15, -0.1) is 0 Å². The Morgan fingerprint density at radius 1 is 1.04 bits per heavy atom. The highest BCUT2D eigenvalue weighted by atomic mass is 16.5. The number of carbonyl (C=O) groups is 2. The number of methoxy groups -OCH3 is 2. The molecular weight excluding hydrogens is 336 g/mol. The molecule has 1 aromatic carbocycles. The minimum Gasteiger partial charge on any atom is -0.493 e. The Hall–Kier alpha value is -2.32.